The molecule has 2 aromatic carbocycles. The van der Waals surface area contributed by atoms with Crippen molar-refractivity contribution in [3.63, 3.8) is 0 Å². The van der Waals surface area contributed by atoms with Crippen molar-refractivity contribution >= 4 is 33.2 Å². The molecule has 0 saturated carbocycles. The van der Waals surface area contributed by atoms with Gasteiger partial charge in [0.05, 0.1) is 23.2 Å². The van der Waals surface area contributed by atoms with Gasteiger partial charge in [0.15, 0.2) is 0 Å². The van der Waals surface area contributed by atoms with E-state index in [2.05, 4.69) is 10.6 Å². The Morgan fingerprint density at radius 2 is 1.64 bits per heavy atom. The minimum Gasteiger partial charge on any atom is -0.352 e. The predicted molar refractivity (Wildman–Crippen MR) is 111 cm³/mol. The molecular weight excluding hydrogens is 378 g/mol. The molecule has 8 heteroatoms. The molecule has 0 radical (unpaired) electrons. The molecule has 0 spiro atoms. The van der Waals surface area contributed by atoms with Crippen LogP contribution in [0.1, 0.15) is 30.1 Å². The maximum absolute atomic E-state index is 12.5. The first-order chi connectivity index (χ1) is 13.3. The topological polar surface area (TPSA) is 95.6 Å². The molecule has 0 aliphatic rings. The zero-order chi connectivity index (χ0) is 20.6. The van der Waals surface area contributed by atoms with Crippen molar-refractivity contribution < 1.29 is 18.0 Å². The van der Waals surface area contributed by atoms with Gasteiger partial charge in [-0.2, -0.15) is 0 Å². The summed E-state index contributed by atoms with van der Waals surface area (Å²) in [4.78, 5) is 24.9. The van der Waals surface area contributed by atoms with Crippen molar-refractivity contribution in [3.8, 4) is 0 Å². The van der Waals surface area contributed by atoms with E-state index in [4.69, 9.17) is 0 Å². The molecule has 0 aliphatic heterocycles. The number of rotatable bonds is 9. The molecule has 0 heterocycles. The third-order valence-corrected chi connectivity index (χ3v) is 5.13. The van der Waals surface area contributed by atoms with Crippen LogP contribution in [0.5, 0.6) is 0 Å². The van der Waals surface area contributed by atoms with E-state index in [1.165, 1.54) is 0 Å². The van der Waals surface area contributed by atoms with Gasteiger partial charge in [0.25, 0.3) is 5.91 Å². The molecular formula is C20H25N3O4S. The van der Waals surface area contributed by atoms with E-state index < -0.39 is 22.5 Å². The lowest BCUT2D eigenvalue weighted by Gasteiger charge is -2.22. The number of nitrogens with zero attached hydrogens (tertiary/aromatic N) is 1. The van der Waals surface area contributed by atoms with Gasteiger partial charge in [-0.1, -0.05) is 43.7 Å². The second-order valence-electron chi connectivity index (χ2n) is 6.31. The van der Waals surface area contributed by atoms with Gasteiger partial charge in [-0.25, -0.2) is 8.42 Å². The largest absolute Gasteiger partial charge is 0.352 e. The van der Waals surface area contributed by atoms with Crippen LogP contribution in [-0.2, 0) is 14.8 Å². The van der Waals surface area contributed by atoms with Crippen LogP contribution in [0, 0.1) is 0 Å². The summed E-state index contributed by atoms with van der Waals surface area (Å²) in [5, 5.41) is 5.46. The van der Waals surface area contributed by atoms with Gasteiger partial charge >= 0.3 is 0 Å². The Morgan fingerprint density at radius 3 is 2.29 bits per heavy atom. The quantitative estimate of drug-likeness (QED) is 0.629. The Labute approximate surface area is 165 Å². The highest BCUT2D eigenvalue weighted by Gasteiger charge is 2.21. The summed E-state index contributed by atoms with van der Waals surface area (Å²) in [6.45, 7) is 2.18. The van der Waals surface area contributed by atoms with E-state index in [1.54, 1.807) is 54.6 Å². The number of nitrogens with one attached hydrogen (secondary N) is 2. The zero-order valence-electron chi connectivity index (χ0n) is 16.0. The summed E-state index contributed by atoms with van der Waals surface area (Å²) >= 11 is 0. The van der Waals surface area contributed by atoms with Crippen molar-refractivity contribution in [2.45, 2.75) is 19.8 Å². The predicted octanol–water partition coefficient (Wildman–Crippen LogP) is 2.62. The van der Waals surface area contributed by atoms with Crippen LogP contribution >= 0.6 is 0 Å². The highest BCUT2D eigenvalue weighted by atomic mass is 32.2. The van der Waals surface area contributed by atoms with Gasteiger partial charge in [-0.05, 0) is 30.7 Å². The van der Waals surface area contributed by atoms with E-state index >= 15 is 0 Å². The fourth-order valence-corrected chi connectivity index (χ4v) is 3.43. The van der Waals surface area contributed by atoms with Crippen LogP contribution in [-0.4, -0.2) is 39.6 Å². The molecule has 0 bridgehead atoms. The number of para-hydroxylation sites is 2. The maximum Gasteiger partial charge on any atom is 0.253 e. The van der Waals surface area contributed by atoms with Gasteiger partial charge in [0.2, 0.25) is 15.9 Å². The van der Waals surface area contributed by atoms with Crippen molar-refractivity contribution in [3.05, 3.63) is 60.2 Å². The van der Waals surface area contributed by atoms with Crippen LogP contribution in [0.25, 0.3) is 0 Å². The molecule has 0 atom stereocenters. The number of benzene rings is 2. The molecule has 0 unspecified atom stereocenters. The highest BCUT2D eigenvalue weighted by molar-refractivity contribution is 7.92. The molecule has 0 fully saturated rings. The first-order valence-corrected chi connectivity index (χ1v) is 10.9. The van der Waals surface area contributed by atoms with Gasteiger partial charge in [-0.3, -0.25) is 13.9 Å². The van der Waals surface area contributed by atoms with Gasteiger partial charge in [-0.15, -0.1) is 0 Å². The fraction of sp³-hybridized carbons (Fsp3) is 0.300. The number of carbonyl (C=O) groups is 2. The van der Waals surface area contributed by atoms with Crippen molar-refractivity contribution in [2.75, 3.05) is 29.0 Å². The normalized spacial score (nSPS) is 10.9. The average Bonchev–Trinajstić information content (AvgIpc) is 2.66. The van der Waals surface area contributed by atoms with Crippen molar-refractivity contribution in [1.82, 2.24) is 5.32 Å². The Balaban J connectivity index is 2.15. The van der Waals surface area contributed by atoms with Gasteiger partial charge < -0.3 is 10.6 Å². The van der Waals surface area contributed by atoms with E-state index in [1.807, 2.05) is 6.92 Å². The molecule has 2 N–H and O–H groups in total. The van der Waals surface area contributed by atoms with Crippen LogP contribution in [0.3, 0.4) is 0 Å². The Morgan fingerprint density at radius 1 is 1.00 bits per heavy atom. The van der Waals surface area contributed by atoms with E-state index in [-0.39, 0.29) is 5.91 Å². The van der Waals surface area contributed by atoms with E-state index in [9.17, 15) is 18.0 Å². The van der Waals surface area contributed by atoms with Crippen LogP contribution in [0.2, 0.25) is 0 Å². The summed E-state index contributed by atoms with van der Waals surface area (Å²) in [7, 11) is -3.65. The van der Waals surface area contributed by atoms with Crippen molar-refractivity contribution in [1.29, 1.82) is 0 Å². The highest BCUT2D eigenvalue weighted by Crippen LogP contribution is 2.18. The molecule has 0 aromatic heterocycles. The van der Waals surface area contributed by atoms with Gasteiger partial charge in [0, 0.05) is 6.54 Å². The summed E-state index contributed by atoms with van der Waals surface area (Å²) in [5.74, 6) is -0.824. The van der Waals surface area contributed by atoms with Crippen LogP contribution in [0.4, 0.5) is 11.4 Å². The lowest BCUT2D eigenvalue weighted by atomic mass is 10.1. The Hall–Kier alpha value is -2.87. The average molecular weight is 404 g/mol. The molecule has 150 valence electrons. The molecule has 2 amide bonds. The number of amides is 2. The minimum atomic E-state index is -3.65. The zero-order valence-corrected chi connectivity index (χ0v) is 16.8. The summed E-state index contributed by atoms with van der Waals surface area (Å²) in [5.41, 5.74) is 1.06. The lowest BCUT2D eigenvalue weighted by molar-refractivity contribution is -0.114. The number of sulfonamides is 1. The standard InChI is InChI=1S/C20H25N3O4S/c1-3-4-14-21-20(25)17-12-8-9-13-18(17)22-19(24)15-23(28(2,26)27)16-10-6-5-7-11-16/h5-13H,3-4,14-15H2,1-2H3,(H,21,25)(H,22,24). The smallest absolute Gasteiger partial charge is 0.253 e. The first kappa shape index (κ1) is 21.4. The van der Waals surface area contributed by atoms with Crippen LogP contribution in [0.15, 0.2) is 54.6 Å². The van der Waals surface area contributed by atoms with E-state index in [0.717, 1.165) is 23.4 Å². The maximum atomic E-state index is 12.5. The minimum absolute atomic E-state index is 0.285. The van der Waals surface area contributed by atoms with E-state index in [0.29, 0.717) is 23.5 Å². The monoisotopic (exact) mass is 403 g/mol. The molecule has 28 heavy (non-hydrogen) atoms. The van der Waals surface area contributed by atoms with Gasteiger partial charge in [0.1, 0.15) is 6.54 Å². The molecule has 0 aliphatic carbocycles. The number of anilines is 2. The number of hydrogen-bond donors (Lipinski definition) is 2. The summed E-state index contributed by atoms with van der Waals surface area (Å²) < 4.78 is 25.3. The number of hydrogen-bond acceptors (Lipinski definition) is 4. The molecule has 0 saturated heterocycles. The fourth-order valence-electron chi connectivity index (χ4n) is 2.58. The summed E-state index contributed by atoms with van der Waals surface area (Å²) in [6, 6.07) is 15.0. The SMILES string of the molecule is CCCCNC(=O)c1ccccc1NC(=O)CN(c1ccccc1)S(C)(=O)=O. The third-order valence-electron chi connectivity index (χ3n) is 3.99. The molecule has 2 rings (SSSR count). The summed E-state index contributed by atoms with van der Waals surface area (Å²) in [6.07, 6.45) is 2.86. The molecule has 2 aromatic rings. The van der Waals surface area contributed by atoms with Crippen LogP contribution < -0.4 is 14.9 Å². The second kappa shape index (κ2) is 9.89. The Kier molecular flexibility index (Phi) is 7.57. The lowest BCUT2D eigenvalue weighted by Crippen LogP contribution is -2.37. The number of unbranched alkanes of at least 4 members (excludes halogenated alkanes) is 1. The Bertz CT molecular complexity index is 914. The molecule has 7 nitrogen and oxygen atoms in total. The number of carbonyl (C=O) groups excluding carboxylic acids is 2. The second-order valence-corrected chi connectivity index (χ2v) is 8.22. The first-order valence-electron chi connectivity index (χ1n) is 9.02. The van der Waals surface area contributed by atoms with Crippen molar-refractivity contribution in [2.24, 2.45) is 0 Å². The third kappa shape index (κ3) is 6.09.